The lowest BCUT2D eigenvalue weighted by Gasteiger charge is -2.01. The molecule has 114 valence electrons. The van der Waals surface area contributed by atoms with Crippen molar-refractivity contribution >= 4 is 11.8 Å². The molecule has 0 aromatic carbocycles. The molecule has 0 N–H and O–H groups in total. The van der Waals surface area contributed by atoms with Gasteiger partial charge in [-0.25, -0.2) is 0 Å². The Hall–Kier alpha value is -0.860. The number of carbonyl (C=O) groups excluding carboxylic acids is 2. The van der Waals surface area contributed by atoms with Gasteiger partial charge < -0.3 is 9.53 Å². The molecule has 0 aliphatic rings. The highest BCUT2D eigenvalue weighted by Gasteiger charge is 1.95. The number of esters is 1. The third-order valence-electron chi connectivity index (χ3n) is 2.50. The standard InChI is InChI=1S/C10H20O2.C6H12O/c1-3-4-5-6-7-8-9-12-10(2)11;1-5(2)4-6(3)7/h3-9H2,1-2H3;5H,4H2,1-3H3. The topological polar surface area (TPSA) is 43.4 Å². The maximum Gasteiger partial charge on any atom is 0.302 e. The van der Waals surface area contributed by atoms with Gasteiger partial charge in [-0.15, -0.1) is 0 Å². The van der Waals surface area contributed by atoms with Crippen molar-refractivity contribution < 1.29 is 14.3 Å². The summed E-state index contributed by atoms with van der Waals surface area (Å²) in [4.78, 5) is 20.6. The Morgan fingerprint density at radius 2 is 1.47 bits per heavy atom. The van der Waals surface area contributed by atoms with Crippen LogP contribution in [-0.4, -0.2) is 18.4 Å². The van der Waals surface area contributed by atoms with Crippen LogP contribution in [0.5, 0.6) is 0 Å². The number of hydrogen-bond acceptors (Lipinski definition) is 3. The molecular weight excluding hydrogens is 240 g/mol. The molecule has 0 spiro atoms. The Morgan fingerprint density at radius 1 is 0.947 bits per heavy atom. The average molecular weight is 272 g/mol. The van der Waals surface area contributed by atoms with Crippen molar-refractivity contribution in [1.29, 1.82) is 0 Å². The van der Waals surface area contributed by atoms with Crippen molar-refractivity contribution in [2.24, 2.45) is 5.92 Å². The smallest absolute Gasteiger partial charge is 0.302 e. The Morgan fingerprint density at radius 3 is 1.84 bits per heavy atom. The molecule has 0 amide bonds. The number of ketones is 1. The third-order valence-corrected chi connectivity index (χ3v) is 2.50. The van der Waals surface area contributed by atoms with Gasteiger partial charge >= 0.3 is 5.97 Å². The van der Waals surface area contributed by atoms with E-state index in [9.17, 15) is 9.59 Å². The number of hydrogen-bond donors (Lipinski definition) is 0. The van der Waals surface area contributed by atoms with E-state index in [1.54, 1.807) is 6.92 Å². The molecule has 3 heteroatoms. The van der Waals surface area contributed by atoms with Gasteiger partial charge in [-0.2, -0.15) is 0 Å². The van der Waals surface area contributed by atoms with Crippen molar-refractivity contribution in [2.45, 2.75) is 79.6 Å². The van der Waals surface area contributed by atoms with Gasteiger partial charge in [0.15, 0.2) is 0 Å². The van der Waals surface area contributed by atoms with Crippen LogP contribution >= 0.6 is 0 Å². The lowest BCUT2D eigenvalue weighted by atomic mass is 10.1. The third kappa shape index (κ3) is 26.7. The SMILES string of the molecule is CC(=O)CC(C)C.CCCCCCCCOC(C)=O. The Bertz CT molecular complexity index is 222. The van der Waals surface area contributed by atoms with Crippen LogP contribution in [0.1, 0.15) is 79.6 Å². The quantitative estimate of drug-likeness (QED) is 0.457. The van der Waals surface area contributed by atoms with Crippen molar-refractivity contribution in [3.05, 3.63) is 0 Å². The molecule has 0 radical (unpaired) electrons. The van der Waals surface area contributed by atoms with Gasteiger partial charge in [-0.05, 0) is 19.3 Å². The lowest BCUT2D eigenvalue weighted by molar-refractivity contribution is -0.141. The second-order valence-corrected chi connectivity index (χ2v) is 5.41. The van der Waals surface area contributed by atoms with E-state index in [4.69, 9.17) is 4.74 Å². The van der Waals surface area contributed by atoms with Crippen LogP contribution < -0.4 is 0 Å². The van der Waals surface area contributed by atoms with E-state index >= 15 is 0 Å². The van der Waals surface area contributed by atoms with E-state index in [0.717, 1.165) is 12.8 Å². The minimum absolute atomic E-state index is 0.163. The zero-order chi connectivity index (χ0) is 15.1. The lowest BCUT2D eigenvalue weighted by Crippen LogP contribution is -1.99. The molecule has 0 atom stereocenters. The summed E-state index contributed by atoms with van der Waals surface area (Å²) in [5, 5.41) is 0. The van der Waals surface area contributed by atoms with E-state index in [0.29, 0.717) is 12.5 Å². The molecule has 0 fully saturated rings. The molecular formula is C16H32O3. The largest absolute Gasteiger partial charge is 0.466 e. The highest BCUT2D eigenvalue weighted by Crippen LogP contribution is 2.04. The van der Waals surface area contributed by atoms with Crippen molar-refractivity contribution in [1.82, 2.24) is 0 Å². The van der Waals surface area contributed by atoms with Crippen molar-refractivity contribution in [3.8, 4) is 0 Å². The van der Waals surface area contributed by atoms with E-state index in [-0.39, 0.29) is 11.8 Å². The minimum atomic E-state index is -0.163. The molecule has 3 nitrogen and oxygen atoms in total. The first-order valence-corrected chi connectivity index (χ1v) is 7.52. The fraction of sp³-hybridized carbons (Fsp3) is 0.875. The van der Waals surface area contributed by atoms with E-state index in [1.165, 1.54) is 39.0 Å². The van der Waals surface area contributed by atoms with Gasteiger partial charge in [0.05, 0.1) is 6.61 Å². The molecule has 0 rings (SSSR count). The normalized spacial score (nSPS) is 9.79. The Balaban J connectivity index is 0. The highest BCUT2D eigenvalue weighted by molar-refractivity contribution is 5.75. The minimum Gasteiger partial charge on any atom is -0.466 e. The van der Waals surface area contributed by atoms with Crippen LogP contribution in [0.25, 0.3) is 0 Å². The first-order chi connectivity index (χ1) is 8.90. The summed E-state index contributed by atoms with van der Waals surface area (Å²) in [5.74, 6) is 0.649. The molecule has 0 saturated carbocycles. The molecule has 0 aromatic rings. The van der Waals surface area contributed by atoms with E-state index in [1.807, 2.05) is 13.8 Å². The second kappa shape index (κ2) is 15.2. The van der Waals surface area contributed by atoms with Gasteiger partial charge in [0.2, 0.25) is 0 Å². The molecule has 0 heterocycles. The number of Topliss-reactive ketones (excluding diaryl/α,β-unsaturated/α-hetero) is 1. The molecule has 0 aromatic heterocycles. The Kier molecular flexibility index (Phi) is 16.4. The molecule has 0 aliphatic heterocycles. The summed E-state index contributed by atoms with van der Waals surface area (Å²) in [6.07, 6.45) is 8.12. The Labute approximate surface area is 119 Å². The summed E-state index contributed by atoms with van der Waals surface area (Å²) in [7, 11) is 0. The first kappa shape index (κ1) is 20.5. The summed E-state index contributed by atoms with van der Waals surface area (Å²) in [6, 6.07) is 0. The average Bonchev–Trinajstić information content (AvgIpc) is 2.26. The van der Waals surface area contributed by atoms with Gasteiger partial charge in [0, 0.05) is 13.3 Å². The number of carbonyl (C=O) groups is 2. The molecule has 0 bridgehead atoms. The summed E-state index contributed by atoms with van der Waals surface area (Å²) >= 11 is 0. The van der Waals surface area contributed by atoms with E-state index in [2.05, 4.69) is 6.92 Å². The van der Waals surface area contributed by atoms with Gasteiger partial charge in [0.25, 0.3) is 0 Å². The van der Waals surface area contributed by atoms with E-state index < -0.39 is 0 Å². The molecule has 19 heavy (non-hydrogen) atoms. The van der Waals surface area contributed by atoms with Crippen LogP contribution in [0.4, 0.5) is 0 Å². The predicted octanol–water partition coefficient (Wildman–Crippen LogP) is 4.53. The molecule has 0 aliphatic carbocycles. The maximum absolute atomic E-state index is 10.4. The number of rotatable bonds is 9. The zero-order valence-electron chi connectivity index (χ0n) is 13.5. The fourth-order valence-electron chi connectivity index (χ4n) is 1.67. The van der Waals surface area contributed by atoms with Crippen LogP contribution in [-0.2, 0) is 14.3 Å². The zero-order valence-corrected chi connectivity index (χ0v) is 13.5. The predicted molar refractivity (Wildman–Crippen MR) is 80.1 cm³/mol. The second-order valence-electron chi connectivity index (χ2n) is 5.41. The van der Waals surface area contributed by atoms with Gasteiger partial charge in [-0.3, -0.25) is 4.79 Å². The highest BCUT2D eigenvalue weighted by atomic mass is 16.5. The van der Waals surface area contributed by atoms with Gasteiger partial charge in [0.1, 0.15) is 5.78 Å². The van der Waals surface area contributed by atoms with Crippen molar-refractivity contribution in [2.75, 3.05) is 6.61 Å². The first-order valence-electron chi connectivity index (χ1n) is 7.52. The summed E-state index contributed by atoms with van der Waals surface area (Å²) in [5.41, 5.74) is 0. The number of ether oxygens (including phenoxy) is 1. The van der Waals surface area contributed by atoms with Crippen LogP contribution in [0.15, 0.2) is 0 Å². The number of unbranched alkanes of at least 4 members (excludes halogenated alkanes) is 5. The summed E-state index contributed by atoms with van der Waals surface area (Å²) < 4.78 is 4.81. The monoisotopic (exact) mass is 272 g/mol. The molecule has 0 unspecified atom stereocenters. The van der Waals surface area contributed by atoms with Gasteiger partial charge in [-0.1, -0.05) is 52.9 Å². The summed E-state index contributed by atoms with van der Waals surface area (Å²) in [6.45, 7) is 9.97. The maximum atomic E-state index is 10.4. The van der Waals surface area contributed by atoms with Crippen LogP contribution in [0.3, 0.4) is 0 Å². The fourth-order valence-corrected chi connectivity index (χ4v) is 1.67. The van der Waals surface area contributed by atoms with Crippen LogP contribution in [0.2, 0.25) is 0 Å². The molecule has 0 saturated heterocycles. The van der Waals surface area contributed by atoms with Crippen LogP contribution in [0, 0.1) is 5.92 Å². The van der Waals surface area contributed by atoms with Crippen molar-refractivity contribution in [3.63, 3.8) is 0 Å².